The number of rotatable bonds is 5. The van der Waals surface area contributed by atoms with Crippen LogP contribution in [0.3, 0.4) is 0 Å². The fourth-order valence-corrected chi connectivity index (χ4v) is 6.08. The van der Waals surface area contributed by atoms with E-state index in [1.807, 2.05) is 17.9 Å². The predicted octanol–water partition coefficient (Wildman–Crippen LogP) is 5.18. The topological polar surface area (TPSA) is 56.6 Å². The molecule has 0 aliphatic carbocycles. The molecule has 1 spiro atoms. The van der Waals surface area contributed by atoms with Gasteiger partial charge in [-0.3, -0.25) is 4.90 Å². The lowest BCUT2D eigenvalue weighted by atomic mass is 9.84. The Hall–Kier alpha value is -2.51. The number of allylic oxidation sites excluding steroid dienone is 1. The first kappa shape index (κ1) is 23.2. The van der Waals surface area contributed by atoms with Crippen LogP contribution >= 0.6 is 11.6 Å². The number of nitrogens with one attached hydrogen (secondary N) is 1. The summed E-state index contributed by atoms with van der Waals surface area (Å²) in [6, 6.07) is 8.15. The predicted molar refractivity (Wildman–Crippen MR) is 138 cm³/mol. The van der Waals surface area contributed by atoms with Gasteiger partial charge in [0.1, 0.15) is 0 Å². The van der Waals surface area contributed by atoms with Gasteiger partial charge in [-0.25, -0.2) is 4.79 Å². The molecule has 3 saturated heterocycles. The molecule has 2 aromatic rings. The minimum Gasteiger partial charge on any atom is -0.371 e. The highest BCUT2D eigenvalue weighted by Crippen LogP contribution is 2.41. The largest absolute Gasteiger partial charge is 0.371 e. The molecule has 0 atom stereocenters. The van der Waals surface area contributed by atoms with Gasteiger partial charge in [-0.1, -0.05) is 24.2 Å². The molecule has 0 bridgehead atoms. The van der Waals surface area contributed by atoms with Crippen molar-refractivity contribution in [3.63, 3.8) is 0 Å². The number of anilines is 2. The van der Waals surface area contributed by atoms with Crippen molar-refractivity contribution in [3.05, 3.63) is 53.3 Å². The zero-order valence-corrected chi connectivity index (χ0v) is 20.9. The summed E-state index contributed by atoms with van der Waals surface area (Å²) in [5.41, 5.74) is 3.65. The van der Waals surface area contributed by atoms with Crippen LogP contribution in [0.25, 0.3) is 0 Å². The van der Waals surface area contributed by atoms with Crippen LogP contribution in [0.2, 0.25) is 5.02 Å². The number of aromatic nitrogens is 2. The van der Waals surface area contributed by atoms with Crippen molar-refractivity contribution in [2.75, 3.05) is 42.9 Å². The number of carbonyl (C=O) groups is 1. The molecule has 3 fully saturated rings. The van der Waals surface area contributed by atoms with Crippen molar-refractivity contribution in [2.24, 2.45) is 0 Å². The molecule has 5 rings (SSSR count). The summed E-state index contributed by atoms with van der Waals surface area (Å²) >= 11 is 6.38. The Morgan fingerprint density at radius 3 is 2.59 bits per heavy atom. The number of piperidine rings is 1. The number of hydrogen-bond acceptors (Lipinski definition) is 5. The van der Waals surface area contributed by atoms with E-state index >= 15 is 0 Å². The molecule has 34 heavy (non-hydrogen) atoms. The Kier molecular flexibility index (Phi) is 6.58. The van der Waals surface area contributed by atoms with Crippen LogP contribution in [0, 0.1) is 0 Å². The second kappa shape index (κ2) is 9.62. The first-order chi connectivity index (χ1) is 16.4. The molecule has 1 aromatic heterocycles. The standard InChI is InChI=1S/C26H35ClN6O/c1-20(2)28-24-8-15-33(29-24)25(34)31-16-10-26(11-17-31)9-5-14-32(26)19-21-6-7-22(27)18-23(21)30-12-3-4-13-30/h6-8,15,18H,1,3-5,9-14,16-17,19H2,2H3,(H,28,29). The van der Waals surface area contributed by atoms with E-state index in [0.717, 1.165) is 62.8 Å². The smallest absolute Gasteiger partial charge is 0.344 e. The van der Waals surface area contributed by atoms with Crippen molar-refractivity contribution in [2.45, 2.75) is 57.5 Å². The first-order valence-corrected chi connectivity index (χ1v) is 12.9. The van der Waals surface area contributed by atoms with Crippen LogP contribution in [-0.4, -0.2) is 63.9 Å². The Balaban J connectivity index is 1.26. The van der Waals surface area contributed by atoms with E-state index in [1.165, 1.54) is 41.6 Å². The highest BCUT2D eigenvalue weighted by atomic mass is 35.5. The van der Waals surface area contributed by atoms with E-state index in [-0.39, 0.29) is 11.6 Å². The summed E-state index contributed by atoms with van der Waals surface area (Å²) in [6.45, 7) is 11.5. The number of benzene rings is 1. The molecule has 182 valence electrons. The summed E-state index contributed by atoms with van der Waals surface area (Å²) < 4.78 is 1.44. The van der Waals surface area contributed by atoms with E-state index in [9.17, 15) is 4.79 Å². The second-order valence-electron chi connectivity index (χ2n) is 10.0. The zero-order chi connectivity index (χ0) is 23.7. The minimum atomic E-state index is -0.0526. The average Bonchev–Trinajstić information content (AvgIpc) is 3.58. The van der Waals surface area contributed by atoms with Crippen LogP contribution in [0.4, 0.5) is 16.3 Å². The summed E-state index contributed by atoms with van der Waals surface area (Å²) in [5, 5.41) is 8.25. The van der Waals surface area contributed by atoms with Gasteiger partial charge in [-0.15, -0.1) is 5.10 Å². The monoisotopic (exact) mass is 482 g/mol. The number of likely N-dealkylation sites (tertiary alicyclic amines) is 2. The molecule has 3 aliphatic heterocycles. The third kappa shape index (κ3) is 4.68. The van der Waals surface area contributed by atoms with E-state index in [0.29, 0.717) is 5.82 Å². The third-order valence-corrected chi connectivity index (χ3v) is 7.92. The Morgan fingerprint density at radius 1 is 1.09 bits per heavy atom. The maximum absolute atomic E-state index is 13.0. The molecule has 1 aromatic carbocycles. The van der Waals surface area contributed by atoms with E-state index < -0.39 is 0 Å². The summed E-state index contributed by atoms with van der Waals surface area (Å²) in [5.74, 6) is 0.646. The van der Waals surface area contributed by atoms with Crippen molar-refractivity contribution >= 4 is 29.1 Å². The van der Waals surface area contributed by atoms with E-state index in [4.69, 9.17) is 11.6 Å². The summed E-state index contributed by atoms with van der Waals surface area (Å²) in [4.78, 5) is 20.2. The van der Waals surface area contributed by atoms with Crippen molar-refractivity contribution in [1.29, 1.82) is 0 Å². The van der Waals surface area contributed by atoms with Gasteiger partial charge >= 0.3 is 6.03 Å². The quantitative estimate of drug-likeness (QED) is 0.636. The fourth-order valence-electron chi connectivity index (χ4n) is 5.91. The Morgan fingerprint density at radius 2 is 1.85 bits per heavy atom. The summed E-state index contributed by atoms with van der Waals surface area (Å²) in [6.07, 6.45) is 8.66. The fraction of sp³-hybridized carbons (Fsp3) is 0.538. The Bertz CT molecular complexity index is 1050. The van der Waals surface area contributed by atoms with Crippen LogP contribution in [0.5, 0.6) is 0 Å². The molecule has 0 unspecified atom stereocenters. The Labute approximate surface area is 207 Å². The average molecular weight is 483 g/mol. The van der Waals surface area contributed by atoms with E-state index in [1.54, 1.807) is 12.3 Å². The highest BCUT2D eigenvalue weighted by Gasteiger charge is 2.44. The molecule has 1 amide bonds. The molecular formula is C26H35ClN6O. The molecule has 1 N–H and O–H groups in total. The van der Waals surface area contributed by atoms with Crippen LogP contribution < -0.4 is 10.2 Å². The lowest BCUT2D eigenvalue weighted by molar-refractivity contribution is 0.0586. The van der Waals surface area contributed by atoms with Gasteiger partial charge in [-0.2, -0.15) is 4.68 Å². The highest BCUT2D eigenvalue weighted by molar-refractivity contribution is 6.30. The molecule has 3 aliphatic rings. The number of nitrogens with zero attached hydrogens (tertiary/aromatic N) is 5. The van der Waals surface area contributed by atoms with Gasteiger partial charge < -0.3 is 15.1 Å². The van der Waals surface area contributed by atoms with Crippen LogP contribution in [-0.2, 0) is 6.54 Å². The maximum Gasteiger partial charge on any atom is 0.344 e. The number of hydrogen-bond donors (Lipinski definition) is 1. The maximum atomic E-state index is 13.0. The number of amides is 1. The molecule has 8 heteroatoms. The summed E-state index contributed by atoms with van der Waals surface area (Å²) in [7, 11) is 0. The van der Waals surface area contributed by atoms with E-state index in [2.05, 4.69) is 38.9 Å². The van der Waals surface area contributed by atoms with Gasteiger partial charge in [0.05, 0.1) is 0 Å². The lowest BCUT2D eigenvalue weighted by Gasteiger charge is -2.45. The van der Waals surface area contributed by atoms with Gasteiger partial charge in [0.2, 0.25) is 0 Å². The zero-order valence-electron chi connectivity index (χ0n) is 20.1. The van der Waals surface area contributed by atoms with Crippen molar-refractivity contribution < 1.29 is 4.79 Å². The first-order valence-electron chi connectivity index (χ1n) is 12.5. The van der Waals surface area contributed by atoms with Gasteiger partial charge in [0, 0.05) is 66.9 Å². The van der Waals surface area contributed by atoms with Crippen molar-refractivity contribution in [3.8, 4) is 0 Å². The molecule has 4 heterocycles. The van der Waals surface area contributed by atoms with Crippen molar-refractivity contribution in [1.82, 2.24) is 19.6 Å². The normalized spacial score (nSPS) is 20.3. The van der Waals surface area contributed by atoms with Crippen LogP contribution in [0.15, 0.2) is 42.7 Å². The van der Waals surface area contributed by atoms with Gasteiger partial charge in [0.15, 0.2) is 5.82 Å². The lowest BCUT2D eigenvalue weighted by Crippen LogP contribution is -2.53. The third-order valence-electron chi connectivity index (χ3n) is 7.69. The molecule has 7 nitrogen and oxygen atoms in total. The second-order valence-corrected chi connectivity index (χ2v) is 10.5. The SMILES string of the molecule is C=C(C)Nc1ccn(C(=O)N2CCC3(CCCN3Cc3ccc(Cl)cc3N3CCCC3)CC2)n1. The molecule has 0 radical (unpaired) electrons. The number of carbonyl (C=O) groups excluding carboxylic acids is 1. The van der Waals surface area contributed by atoms with Crippen LogP contribution in [0.1, 0.15) is 51.0 Å². The molecule has 0 saturated carbocycles. The van der Waals surface area contributed by atoms with Gasteiger partial charge in [-0.05, 0) is 69.7 Å². The van der Waals surface area contributed by atoms with Gasteiger partial charge in [0.25, 0.3) is 0 Å². The number of halogens is 1. The molecular weight excluding hydrogens is 448 g/mol. The minimum absolute atomic E-state index is 0.0526.